The molecule has 0 aromatic carbocycles. The van der Waals surface area contributed by atoms with Gasteiger partial charge in [-0.3, -0.25) is 10.1 Å². The van der Waals surface area contributed by atoms with Crippen LogP contribution in [0.5, 0.6) is 0 Å². The van der Waals surface area contributed by atoms with E-state index in [9.17, 15) is 4.79 Å². The second-order valence-electron chi connectivity index (χ2n) is 4.22. The molecule has 0 saturated heterocycles. The van der Waals surface area contributed by atoms with Crippen molar-refractivity contribution in [3.8, 4) is 0 Å². The lowest BCUT2D eigenvalue weighted by Crippen LogP contribution is -2.37. The molecule has 2 aliphatic rings. The molecule has 0 spiro atoms. The molecule has 0 radical (unpaired) electrons. The third-order valence-electron chi connectivity index (χ3n) is 2.80. The number of carbonyl (C=O) groups is 1. The van der Waals surface area contributed by atoms with Gasteiger partial charge in [0.05, 0.1) is 18.2 Å². The lowest BCUT2D eigenvalue weighted by molar-refractivity contribution is -0.120. The van der Waals surface area contributed by atoms with Gasteiger partial charge < -0.3 is 9.88 Å². The molecule has 1 atom stereocenters. The Bertz CT molecular complexity index is 460. The van der Waals surface area contributed by atoms with Crippen LogP contribution in [0.4, 0.5) is 0 Å². The molecule has 1 saturated carbocycles. The number of amides is 1. The van der Waals surface area contributed by atoms with Crippen molar-refractivity contribution in [2.24, 2.45) is 12.0 Å². The molecule has 6 heteroatoms. The van der Waals surface area contributed by atoms with Gasteiger partial charge in [0.1, 0.15) is 0 Å². The molecule has 0 bridgehead atoms. The third kappa shape index (κ3) is 1.56. The number of guanidine groups is 1. The van der Waals surface area contributed by atoms with E-state index in [4.69, 9.17) is 0 Å². The molecule has 1 fully saturated rings. The van der Waals surface area contributed by atoms with Gasteiger partial charge >= 0.3 is 0 Å². The molecule has 1 unspecified atom stereocenters. The number of imidazole rings is 1. The number of aliphatic imine (C=N–C) groups is 1. The van der Waals surface area contributed by atoms with Crippen LogP contribution in [-0.4, -0.2) is 27.5 Å². The van der Waals surface area contributed by atoms with E-state index in [-0.39, 0.29) is 5.91 Å². The molecular weight excluding hydrogens is 206 g/mol. The van der Waals surface area contributed by atoms with Crippen LogP contribution in [0.2, 0.25) is 0 Å². The van der Waals surface area contributed by atoms with Gasteiger partial charge in [0.15, 0.2) is 12.0 Å². The van der Waals surface area contributed by atoms with Gasteiger partial charge in [-0.05, 0) is 12.8 Å². The number of nitrogens with zero attached hydrogens (tertiary/aromatic N) is 3. The Kier molecular flexibility index (Phi) is 1.95. The summed E-state index contributed by atoms with van der Waals surface area (Å²) in [6, 6.07) is 0.0260. The van der Waals surface area contributed by atoms with E-state index in [1.54, 1.807) is 12.5 Å². The summed E-state index contributed by atoms with van der Waals surface area (Å²) in [5, 5.41) is 5.93. The van der Waals surface area contributed by atoms with Gasteiger partial charge in [0.2, 0.25) is 0 Å². The highest BCUT2D eigenvalue weighted by molar-refractivity contribution is 6.05. The van der Waals surface area contributed by atoms with Crippen LogP contribution in [-0.2, 0) is 11.8 Å². The van der Waals surface area contributed by atoms with E-state index >= 15 is 0 Å². The van der Waals surface area contributed by atoms with E-state index in [0.717, 1.165) is 18.5 Å². The SMILES string of the molecule is Cn1cncc1C1N=C(NC2CC2)NC1=O. The highest BCUT2D eigenvalue weighted by Gasteiger charge is 2.32. The number of aryl methyl sites for hydroxylation is 1. The van der Waals surface area contributed by atoms with E-state index in [1.807, 2.05) is 11.6 Å². The minimum Gasteiger partial charge on any atom is -0.353 e. The van der Waals surface area contributed by atoms with Gasteiger partial charge in [-0.1, -0.05) is 0 Å². The molecule has 2 heterocycles. The average molecular weight is 219 g/mol. The maximum absolute atomic E-state index is 11.7. The predicted molar refractivity (Wildman–Crippen MR) is 57.7 cm³/mol. The lowest BCUT2D eigenvalue weighted by atomic mass is 10.2. The van der Waals surface area contributed by atoms with Crippen LogP contribution in [0, 0.1) is 0 Å². The zero-order chi connectivity index (χ0) is 11.1. The number of nitrogens with one attached hydrogen (secondary N) is 2. The fourth-order valence-corrected chi connectivity index (χ4v) is 1.73. The summed E-state index contributed by atoms with van der Waals surface area (Å²) in [5.74, 6) is 0.505. The molecule has 1 aromatic heterocycles. The molecule has 16 heavy (non-hydrogen) atoms. The lowest BCUT2D eigenvalue weighted by Gasteiger charge is -2.03. The zero-order valence-electron chi connectivity index (χ0n) is 8.97. The highest BCUT2D eigenvalue weighted by Crippen LogP contribution is 2.22. The van der Waals surface area contributed by atoms with Crippen molar-refractivity contribution in [3.63, 3.8) is 0 Å². The Morgan fingerprint density at radius 2 is 2.38 bits per heavy atom. The molecule has 1 aliphatic carbocycles. The van der Waals surface area contributed by atoms with Crippen molar-refractivity contribution >= 4 is 11.9 Å². The normalized spacial score (nSPS) is 24.2. The smallest absolute Gasteiger partial charge is 0.257 e. The van der Waals surface area contributed by atoms with Crippen molar-refractivity contribution in [1.29, 1.82) is 0 Å². The van der Waals surface area contributed by atoms with Gasteiger partial charge in [0, 0.05) is 13.1 Å². The van der Waals surface area contributed by atoms with Crippen LogP contribution in [0.25, 0.3) is 0 Å². The summed E-state index contributed by atoms with van der Waals surface area (Å²) in [5.41, 5.74) is 0.810. The predicted octanol–water partition coefficient (Wildman–Crippen LogP) is -0.301. The first-order chi connectivity index (χ1) is 7.74. The zero-order valence-corrected chi connectivity index (χ0v) is 8.97. The summed E-state index contributed by atoms with van der Waals surface area (Å²) in [6.07, 6.45) is 5.66. The summed E-state index contributed by atoms with van der Waals surface area (Å²) in [6.45, 7) is 0. The van der Waals surface area contributed by atoms with Crippen LogP contribution in [0.15, 0.2) is 17.5 Å². The maximum Gasteiger partial charge on any atom is 0.257 e. The van der Waals surface area contributed by atoms with E-state index in [2.05, 4.69) is 20.6 Å². The monoisotopic (exact) mass is 219 g/mol. The van der Waals surface area contributed by atoms with E-state index < -0.39 is 6.04 Å². The highest BCUT2D eigenvalue weighted by atomic mass is 16.2. The second-order valence-corrected chi connectivity index (χ2v) is 4.22. The maximum atomic E-state index is 11.7. The Morgan fingerprint density at radius 1 is 1.56 bits per heavy atom. The van der Waals surface area contributed by atoms with Crippen LogP contribution in [0.3, 0.4) is 0 Å². The summed E-state index contributed by atoms with van der Waals surface area (Å²) < 4.78 is 1.81. The van der Waals surface area contributed by atoms with Crippen molar-refractivity contribution in [3.05, 3.63) is 18.2 Å². The van der Waals surface area contributed by atoms with Crippen molar-refractivity contribution in [2.75, 3.05) is 0 Å². The fraction of sp³-hybridized carbons (Fsp3) is 0.500. The van der Waals surface area contributed by atoms with E-state index in [1.165, 1.54) is 0 Å². The first-order valence-electron chi connectivity index (χ1n) is 5.35. The van der Waals surface area contributed by atoms with Crippen LogP contribution >= 0.6 is 0 Å². The van der Waals surface area contributed by atoms with Crippen molar-refractivity contribution in [1.82, 2.24) is 20.2 Å². The Morgan fingerprint density at radius 3 is 3.00 bits per heavy atom. The number of rotatable bonds is 2. The topological polar surface area (TPSA) is 71.3 Å². The summed E-state index contributed by atoms with van der Waals surface area (Å²) in [4.78, 5) is 20.1. The molecule has 1 amide bonds. The Balaban J connectivity index is 1.82. The van der Waals surface area contributed by atoms with Crippen molar-refractivity contribution in [2.45, 2.75) is 24.9 Å². The minimum atomic E-state index is -0.464. The molecular formula is C10H13N5O. The quantitative estimate of drug-likeness (QED) is 0.717. The largest absolute Gasteiger partial charge is 0.353 e. The summed E-state index contributed by atoms with van der Waals surface area (Å²) in [7, 11) is 1.86. The minimum absolute atomic E-state index is 0.0910. The van der Waals surface area contributed by atoms with Gasteiger partial charge in [-0.15, -0.1) is 0 Å². The number of aromatic nitrogens is 2. The number of hydrogen-bond acceptors (Lipinski definition) is 4. The van der Waals surface area contributed by atoms with Gasteiger partial charge in [0.25, 0.3) is 5.91 Å². The first-order valence-corrected chi connectivity index (χ1v) is 5.35. The number of hydrogen-bond donors (Lipinski definition) is 2. The molecule has 1 aliphatic heterocycles. The van der Waals surface area contributed by atoms with Crippen LogP contribution < -0.4 is 10.6 Å². The summed E-state index contributed by atoms with van der Waals surface area (Å²) >= 11 is 0. The molecule has 84 valence electrons. The molecule has 3 rings (SSSR count). The average Bonchev–Trinajstić information content (AvgIpc) is 2.84. The third-order valence-corrected chi connectivity index (χ3v) is 2.80. The first kappa shape index (κ1) is 9.38. The van der Waals surface area contributed by atoms with E-state index in [0.29, 0.717) is 12.0 Å². The fourth-order valence-electron chi connectivity index (χ4n) is 1.73. The van der Waals surface area contributed by atoms with Crippen molar-refractivity contribution < 1.29 is 4.79 Å². The molecule has 2 N–H and O–H groups in total. The van der Waals surface area contributed by atoms with Gasteiger partial charge in [-0.25, -0.2) is 9.98 Å². The van der Waals surface area contributed by atoms with Crippen LogP contribution in [0.1, 0.15) is 24.6 Å². The number of carbonyl (C=O) groups excluding carboxylic acids is 1. The van der Waals surface area contributed by atoms with Gasteiger partial charge in [-0.2, -0.15) is 0 Å². The Hall–Kier alpha value is -1.85. The standard InChI is InChI=1S/C10H13N5O/c1-15-5-11-4-7(15)8-9(16)14-10(13-8)12-6-2-3-6/h4-6,8H,2-3H2,1H3,(H2,12,13,14,16). The second kappa shape index (κ2) is 3.33. The molecule has 6 nitrogen and oxygen atoms in total. The molecule has 1 aromatic rings. The Labute approximate surface area is 92.8 Å².